The molecule has 0 aromatic rings. The van der Waals surface area contributed by atoms with Gasteiger partial charge in [-0.15, -0.1) is 12.5 Å². The Labute approximate surface area is 112 Å². The van der Waals surface area contributed by atoms with E-state index in [9.17, 15) is 9.59 Å². The van der Waals surface area contributed by atoms with Gasteiger partial charge in [0, 0.05) is 12.3 Å². The Morgan fingerprint density at radius 2 is 2.00 bits per heavy atom. The minimum absolute atomic E-state index is 0.0420. The zero-order valence-corrected chi connectivity index (χ0v) is 11.3. The molecule has 0 unspecified atom stereocenters. The molecule has 18 heavy (non-hydrogen) atoms. The highest BCUT2D eigenvalue weighted by Crippen LogP contribution is 2.34. The number of amides is 2. The molecule has 0 radical (unpaired) electrons. The summed E-state index contributed by atoms with van der Waals surface area (Å²) in [4.78, 5) is 24.3. The Morgan fingerprint density at radius 3 is 2.44 bits per heavy atom. The van der Waals surface area contributed by atoms with E-state index in [2.05, 4.69) is 29.1 Å². The summed E-state index contributed by atoms with van der Waals surface area (Å²) in [6, 6.07) is 0. The summed E-state index contributed by atoms with van der Waals surface area (Å²) in [6.07, 6.45) is 2.46. The Bertz CT molecular complexity index is 439. The van der Waals surface area contributed by atoms with E-state index in [4.69, 9.17) is 12.2 Å². The first kappa shape index (κ1) is 14.4. The van der Waals surface area contributed by atoms with Gasteiger partial charge in [-0.25, -0.2) is 0 Å². The Hall–Kier alpha value is -1.67. The second-order valence-electron chi connectivity index (χ2n) is 4.10. The zero-order valence-electron chi connectivity index (χ0n) is 10.5. The van der Waals surface area contributed by atoms with Crippen molar-refractivity contribution in [2.24, 2.45) is 11.3 Å². The minimum Gasteiger partial charge on any atom is -0.302 e. The zero-order chi connectivity index (χ0) is 13.8. The first-order valence-electron chi connectivity index (χ1n) is 5.75. The van der Waals surface area contributed by atoms with Crippen LogP contribution in [0.5, 0.6) is 0 Å². The van der Waals surface area contributed by atoms with Gasteiger partial charge >= 0.3 is 0 Å². The predicted molar refractivity (Wildman–Crippen MR) is 73.4 cm³/mol. The summed E-state index contributed by atoms with van der Waals surface area (Å²) in [6.45, 7) is 7.29. The normalized spacial score (nSPS) is 19.1. The van der Waals surface area contributed by atoms with Crippen LogP contribution in [0.4, 0.5) is 0 Å². The van der Waals surface area contributed by atoms with Gasteiger partial charge in [0.05, 0.1) is 0 Å². The van der Waals surface area contributed by atoms with Crippen molar-refractivity contribution in [3.63, 3.8) is 0 Å². The molecule has 0 saturated carbocycles. The Kier molecular flexibility index (Phi) is 4.62. The third kappa shape index (κ3) is 2.44. The molecule has 1 saturated heterocycles. The van der Waals surface area contributed by atoms with Crippen LogP contribution in [0.1, 0.15) is 26.7 Å². The third-order valence-electron chi connectivity index (χ3n) is 2.97. The molecule has 1 rings (SSSR count). The van der Waals surface area contributed by atoms with E-state index in [1.165, 1.54) is 0 Å². The van der Waals surface area contributed by atoms with Crippen molar-refractivity contribution in [1.29, 1.82) is 0 Å². The summed E-state index contributed by atoms with van der Waals surface area (Å²) >= 11 is 4.79. The average molecular weight is 264 g/mol. The van der Waals surface area contributed by atoms with Gasteiger partial charge in [0.1, 0.15) is 5.41 Å². The van der Waals surface area contributed by atoms with E-state index in [1.54, 1.807) is 13.0 Å². The lowest BCUT2D eigenvalue weighted by Crippen LogP contribution is -2.64. The number of carbonyl (C=O) groups is 2. The van der Waals surface area contributed by atoms with Gasteiger partial charge in [-0.1, -0.05) is 18.9 Å². The Balaban J connectivity index is 3.20. The van der Waals surface area contributed by atoms with Crippen LogP contribution in [0.2, 0.25) is 0 Å². The van der Waals surface area contributed by atoms with Crippen LogP contribution < -0.4 is 10.6 Å². The highest BCUT2D eigenvalue weighted by Gasteiger charge is 2.52. The summed E-state index contributed by atoms with van der Waals surface area (Å²) in [5.74, 6) is 4.62. The van der Waals surface area contributed by atoms with Gasteiger partial charge in [-0.3, -0.25) is 9.59 Å². The number of thiocarbonyl (C=S) groups is 1. The molecule has 0 spiro atoms. The van der Waals surface area contributed by atoms with Crippen molar-refractivity contribution in [1.82, 2.24) is 10.6 Å². The van der Waals surface area contributed by atoms with Gasteiger partial charge in [0.2, 0.25) is 11.8 Å². The molecule has 1 aliphatic heterocycles. The lowest BCUT2D eigenvalue weighted by Gasteiger charge is -2.36. The summed E-state index contributed by atoms with van der Waals surface area (Å²) in [7, 11) is 0. The van der Waals surface area contributed by atoms with E-state index in [-0.39, 0.29) is 11.5 Å². The molecule has 0 bridgehead atoms. The molecule has 0 aliphatic carbocycles. The van der Waals surface area contributed by atoms with E-state index in [0.717, 1.165) is 0 Å². The summed E-state index contributed by atoms with van der Waals surface area (Å²) < 4.78 is 0. The molecule has 1 heterocycles. The lowest BCUT2D eigenvalue weighted by molar-refractivity contribution is -0.145. The molecule has 1 aliphatic rings. The van der Waals surface area contributed by atoms with Crippen LogP contribution >= 0.6 is 12.2 Å². The van der Waals surface area contributed by atoms with E-state index >= 15 is 0 Å². The largest absolute Gasteiger partial charge is 0.302 e. The van der Waals surface area contributed by atoms with Gasteiger partial charge in [0.15, 0.2) is 5.11 Å². The Morgan fingerprint density at radius 1 is 1.44 bits per heavy atom. The fourth-order valence-corrected chi connectivity index (χ4v) is 2.11. The second kappa shape index (κ2) is 5.78. The van der Waals surface area contributed by atoms with Crippen molar-refractivity contribution in [2.75, 3.05) is 0 Å². The van der Waals surface area contributed by atoms with Crippen LogP contribution in [0.25, 0.3) is 0 Å². The van der Waals surface area contributed by atoms with Crippen molar-refractivity contribution >= 4 is 29.1 Å². The van der Waals surface area contributed by atoms with Crippen LogP contribution in [0.3, 0.4) is 0 Å². The smallest absolute Gasteiger partial charge is 0.243 e. The van der Waals surface area contributed by atoms with Crippen molar-refractivity contribution in [3.8, 4) is 11.8 Å². The highest BCUT2D eigenvalue weighted by molar-refractivity contribution is 7.80. The van der Waals surface area contributed by atoms with Crippen LogP contribution in [0, 0.1) is 23.2 Å². The quantitative estimate of drug-likeness (QED) is 0.348. The summed E-state index contributed by atoms with van der Waals surface area (Å²) in [5.41, 5.74) is -1.24. The molecule has 2 N–H and O–H groups in total. The number of nitrogens with one attached hydrogen (secondary N) is 2. The van der Waals surface area contributed by atoms with Crippen LogP contribution in [-0.2, 0) is 9.59 Å². The molecular weight excluding hydrogens is 248 g/mol. The molecule has 96 valence electrons. The molecular formula is C13H16N2O2S. The lowest BCUT2D eigenvalue weighted by atomic mass is 9.71. The SMILES string of the molecule is C=CCC1([C@H](C)C#CCC)C(=O)NC(=S)NC1=O. The van der Waals surface area contributed by atoms with Crippen LogP contribution in [-0.4, -0.2) is 16.9 Å². The fraction of sp³-hybridized carbons (Fsp3) is 0.462. The third-order valence-corrected chi connectivity index (χ3v) is 3.17. The van der Waals surface area contributed by atoms with Crippen molar-refractivity contribution in [3.05, 3.63) is 12.7 Å². The first-order valence-corrected chi connectivity index (χ1v) is 6.16. The molecule has 2 amide bonds. The van der Waals surface area contributed by atoms with Gasteiger partial charge in [-0.05, 0) is 25.6 Å². The maximum Gasteiger partial charge on any atom is 0.243 e. The number of allylic oxidation sites excluding steroid dienone is 1. The van der Waals surface area contributed by atoms with Crippen LogP contribution in [0.15, 0.2) is 12.7 Å². The topological polar surface area (TPSA) is 58.2 Å². The number of carbonyl (C=O) groups excluding carboxylic acids is 2. The van der Waals surface area contributed by atoms with Gasteiger partial charge in [0.25, 0.3) is 0 Å². The standard InChI is InChI=1S/C13H16N2O2S/c1-4-6-7-9(3)13(8-5-2)10(16)14-12(18)15-11(13)17/h5,9H,2,4,8H2,1,3H3,(H2,14,15,16,17,18)/t9-/m1/s1. The first-order chi connectivity index (χ1) is 8.48. The number of hydrogen-bond acceptors (Lipinski definition) is 3. The maximum atomic E-state index is 12.2. The maximum absolute atomic E-state index is 12.2. The molecule has 0 aromatic carbocycles. The van der Waals surface area contributed by atoms with Gasteiger partial charge in [-0.2, -0.15) is 0 Å². The molecule has 0 aromatic heterocycles. The second-order valence-corrected chi connectivity index (χ2v) is 4.51. The molecule has 1 atom stereocenters. The number of rotatable bonds is 3. The highest BCUT2D eigenvalue weighted by atomic mass is 32.1. The predicted octanol–water partition coefficient (Wildman–Crippen LogP) is 1.13. The van der Waals surface area contributed by atoms with Crippen molar-refractivity contribution < 1.29 is 9.59 Å². The molecule has 5 heteroatoms. The fourth-order valence-electron chi connectivity index (χ4n) is 1.93. The summed E-state index contributed by atoms with van der Waals surface area (Å²) in [5, 5.41) is 5.02. The van der Waals surface area contributed by atoms with E-state index in [1.807, 2.05) is 6.92 Å². The molecule has 1 fully saturated rings. The minimum atomic E-state index is -1.24. The molecule has 4 nitrogen and oxygen atoms in total. The monoisotopic (exact) mass is 264 g/mol. The van der Waals surface area contributed by atoms with Crippen molar-refractivity contribution in [2.45, 2.75) is 26.7 Å². The van der Waals surface area contributed by atoms with Gasteiger partial charge < -0.3 is 10.6 Å². The van der Waals surface area contributed by atoms with E-state index < -0.39 is 23.1 Å². The average Bonchev–Trinajstić information content (AvgIpc) is 2.30. The number of hydrogen-bond donors (Lipinski definition) is 2. The van der Waals surface area contributed by atoms with E-state index in [0.29, 0.717) is 6.42 Å².